The number of carbonyl (C=O) groups is 2. The molecule has 2 fully saturated rings. The quantitative estimate of drug-likeness (QED) is 0.300. The fourth-order valence-corrected chi connectivity index (χ4v) is 5.27. The van der Waals surface area contributed by atoms with Crippen molar-refractivity contribution in [2.24, 2.45) is 0 Å². The predicted molar refractivity (Wildman–Crippen MR) is 142 cm³/mol. The highest BCUT2D eigenvalue weighted by atomic mass is 32.2. The van der Waals surface area contributed by atoms with E-state index in [1.54, 1.807) is 4.90 Å². The maximum absolute atomic E-state index is 13.3. The molecule has 1 aliphatic carbocycles. The molecule has 1 aromatic heterocycles. The van der Waals surface area contributed by atoms with E-state index in [1.165, 1.54) is 18.7 Å². The van der Waals surface area contributed by atoms with E-state index in [0.29, 0.717) is 43.3 Å². The number of allylic oxidation sites excluding steroid dienone is 2. The molecule has 0 N–H and O–H groups in total. The molecule has 192 valence electrons. The van der Waals surface area contributed by atoms with Gasteiger partial charge < -0.3 is 19.1 Å². The number of ketones is 1. The van der Waals surface area contributed by atoms with Crippen LogP contribution < -0.4 is 5.43 Å². The molecular formula is C27H39N3O4S. The van der Waals surface area contributed by atoms with Crippen molar-refractivity contribution < 1.29 is 14.3 Å². The van der Waals surface area contributed by atoms with E-state index < -0.39 is 5.60 Å². The Balaban J connectivity index is 2.02. The summed E-state index contributed by atoms with van der Waals surface area (Å²) in [5.41, 5.74) is 3.21. The lowest BCUT2D eigenvalue weighted by atomic mass is 10.0. The highest BCUT2D eigenvalue weighted by molar-refractivity contribution is 7.98. The molecule has 1 aliphatic heterocycles. The summed E-state index contributed by atoms with van der Waals surface area (Å²) in [5, 5.41) is 0.758. The number of hydrogen-bond donors (Lipinski definition) is 0. The number of amides is 1. The minimum absolute atomic E-state index is 0.183. The molecule has 0 atom stereocenters. The van der Waals surface area contributed by atoms with E-state index in [1.807, 2.05) is 40.9 Å². The first-order valence-corrected chi connectivity index (χ1v) is 13.5. The zero-order chi connectivity index (χ0) is 26.1. The number of Topliss-reactive ketones (excluding diaryl/α,β-unsaturated/α-hetero) is 1. The highest BCUT2D eigenvalue weighted by Gasteiger charge is 2.32. The van der Waals surface area contributed by atoms with E-state index in [4.69, 9.17) is 4.74 Å². The van der Waals surface area contributed by atoms with Gasteiger partial charge in [0.15, 0.2) is 11.2 Å². The molecule has 0 radical (unpaired) electrons. The summed E-state index contributed by atoms with van der Waals surface area (Å²) >= 11 is 1.47. The van der Waals surface area contributed by atoms with Crippen LogP contribution in [0.3, 0.4) is 0 Å². The molecule has 0 bridgehead atoms. The normalized spacial score (nSPS) is 17.6. The summed E-state index contributed by atoms with van der Waals surface area (Å²) in [6.07, 6.45) is 7.91. The molecule has 1 saturated carbocycles. The van der Waals surface area contributed by atoms with Crippen LogP contribution in [0.25, 0.3) is 6.08 Å². The molecule has 0 spiro atoms. The van der Waals surface area contributed by atoms with Crippen LogP contribution >= 0.6 is 11.8 Å². The largest absolute Gasteiger partial charge is 0.444 e. The van der Waals surface area contributed by atoms with Gasteiger partial charge in [0.25, 0.3) is 0 Å². The lowest BCUT2D eigenvalue weighted by Crippen LogP contribution is -2.49. The third-order valence-corrected chi connectivity index (χ3v) is 7.27. The van der Waals surface area contributed by atoms with Gasteiger partial charge in [0.05, 0.1) is 16.3 Å². The van der Waals surface area contributed by atoms with E-state index in [9.17, 15) is 14.4 Å². The fourth-order valence-electron chi connectivity index (χ4n) is 4.38. The Morgan fingerprint density at radius 1 is 1.06 bits per heavy atom. The average Bonchev–Trinajstić information content (AvgIpc) is 3.63. The Bertz CT molecular complexity index is 1110. The number of piperazine rings is 1. The van der Waals surface area contributed by atoms with E-state index in [-0.39, 0.29) is 17.3 Å². The van der Waals surface area contributed by atoms with Crippen molar-refractivity contribution in [1.29, 1.82) is 0 Å². The first-order valence-electron chi connectivity index (χ1n) is 12.3. The average molecular weight is 502 g/mol. The van der Waals surface area contributed by atoms with Gasteiger partial charge in [-0.15, -0.1) is 11.8 Å². The number of pyridine rings is 1. The van der Waals surface area contributed by atoms with Crippen LogP contribution in [-0.2, 0) is 4.74 Å². The van der Waals surface area contributed by atoms with E-state index in [0.717, 1.165) is 34.8 Å². The minimum atomic E-state index is -0.522. The molecule has 1 saturated heterocycles. The first kappa shape index (κ1) is 27.1. The van der Waals surface area contributed by atoms with Gasteiger partial charge >= 0.3 is 6.09 Å². The lowest BCUT2D eigenvalue weighted by molar-refractivity contribution is 0.0171. The number of thioether (sulfide) groups is 1. The van der Waals surface area contributed by atoms with Crippen LogP contribution in [0, 0.1) is 6.92 Å². The SMILES string of the molecule is C/C=C(C)\C(=C/c1c(C)c(=O)c(C(C)=O)c(SC)n1C1CC1)N1CCN(C(=O)OC(C)(C)C)CC1. The van der Waals surface area contributed by atoms with Gasteiger partial charge in [0, 0.05) is 43.5 Å². The maximum atomic E-state index is 13.3. The Morgan fingerprint density at radius 3 is 2.09 bits per heavy atom. The molecule has 1 amide bonds. The maximum Gasteiger partial charge on any atom is 0.410 e. The van der Waals surface area contributed by atoms with Crippen molar-refractivity contribution >= 4 is 29.7 Å². The zero-order valence-corrected chi connectivity index (χ0v) is 23.2. The summed E-state index contributed by atoms with van der Waals surface area (Å²) in [4.78, 5) is 42.2. The smallest absolute Gasteiger partial charge is 0.410 e. The monoisotopic (exact) mass is 501 g/mol. The van der Waals surface area contributed by atoms with Crippen LogP contribution in [0.5, 0.6) is 0 Å². The Hall–Kier alpha value is -2.48. The van der Waals surface area contributed by atoms with Gasteiger partial charge in [-0.3, -0.25) is 9.59 Å². The second kappa shape index (κ2) is 10.6. The predicted octanol–water partition coefficient (Wildman–Crippen LogP) is 5.28. The van der Waals surface area contributed by atoms with Crippen LogP contribution in [0.15, 0.2) is 27.2 Å². The summed E-state index contributed by atoms with van der Waals surface area (Å²) in [6.45, 7) is 15.5. The first-order chi connectivity index (χ1) is 16.4. The number of carbonyl (C=O) groups excluding carboxylic acids is 2. The van der Waals surface area contributed by atoms with E-state index in [2.05, 4.69) is 28.5 Å². The van der Waals surface area contributed by atoms with Crippen LogP contribution in [-0.4, -0.2) is 64.3 Å². The topological polar surface area (TPSA) is 71.9 Å². The van der Waals surface area contributed by atoms with Crippen molar-refractivity contribution in [2.45, 2.75) is 78.0 Å². The van der Waals surface area contributed by atoms with Gasteiger partial charge in [0.1, 0.15) is 5.60 Å². The van der Waals surface area contributed by atoms with Crippen molar-refractivity contribution in [3.63, 3.8) is 0 Å². The van der Waals surface area contributed by atoms with Gasteiger partial charge in [-0.05, 0) is 79.2 Å². The molecular weight excluding hydrogens is 462 g/mol. The number of nitrogens with zero attached hydrogens (tertiary/aromatic N) is 3. The zero-order valence-electron chi connectivity index (χ0n) is 22.4. The molecule has 0 aromatic carbocycles. The second-order valence-corrected chi connectivity index (χ2v) is 11.1. The Kier molecular flexibility index (Phi) is 8.25. The van der Waals surface area contributed by atoms with Gasteiger partial charge in [0.2, 0.25) is 0 Å². The second-order valence-electron chi connectivity index (χ2n) is 10.3. The van der Waals surface area contributed by atoms with Crippen molar-refractivity contribution in [3.8, 4) is 0 Å². The summed E-state index contributed by atoms with van der Waals surface area (Å²) in [6, 6.07) is 0.303. The number of aromatic nitrogens is 1. The van der Waals surface area contributed by atoms with Crippen molar-refractivity contribution in [1.82, 2.24) is 14.4 Å². The third-order valence-electron chi connectivity index (χ3n) is 6.48. The number of rotatable bonds is 6. The third kappa shape index (κ3) is 6.02. The molecule has 1 aromatic rings. The van der Waals surface area contributed by atoms with Gasteiger partial charge in [-0.25, -0.2) is 4.79 Å². The van der Waals surface area contributed by atoms with Crippen molar-refractivity contribution in [2.75, 3.05) is 32.4 Å². The van der Waals surface area contributed by atoms with Crippen LogP contribution in [0.2, 0.25) is 0 Å². The van der Waals surface area contributed by atoms with Gasteiger partial charge in [-0.2, -0.15) is 0 Å². The molecule has 8 heteroatoms. The Morgan fingerprint density at radius 2 is 1.63 bits per heavy atom. The fraction of sp³-hybridized carbons (Fsp3) is 0.593. The molecule has 7 nitrogen and oxygen atoms in total. The Labute approximate surface area is 213 Å². The molecule has 0 unspecified atom stereocenters. The van der Waals surface area contributed by atoms with Gasteiger partial charge in [-0.1, -0.05) is 6.08 Å². The molecule has 35 heavy (non-hydrogen) atoms. The van der Waals surface area contributed by atoms with Crippen LogP contribution in [0.4, 0.5) is 4.79 Å². The molecule has 2 heterocycles. The highest BCUT2D eigenvalue weighted by Crippen LogP contribution is 2.41. The minimum Gasteiger partial charge on any atom is -0.444 e. The van der Waals surface area contributed by atoms with E-state index >= 15 is 0 Å². The number of ether oxygens (including phenoxy) is 1. The number of hydrogen-bond acceptors (Lipinski definition) is 6. The van der Waals surface area contributed by atoms with Crippen LogP contribution in [0.1, 0.15) is 82.0 Å². The molecule has 3 rings (SSSR count). The summed E-state index contributed by atoms with van der Waals surface area (Å²) < 4.78 is 7.75. The summed E-state index contributed by atoms with van der Waals surface area (Å²) in [5.74, 6) is -0.185. The molecule has 2 aliphatic rings. The lowest BCUT2D eigenvalue weighted by Gasteiger charge is -2.38. The standard InChI is InChI=1S/C27H39N3O4S/c1-9-17(2)21(28-12-14-29(15-13-28)26(33)34-27(5,6)7)16-22-18(3)24(32)23(19(4)31)25(35-8)30(22)20-10-11-20/h9,16,20H,10-15H2,1-8H3/b17-9-,21-16+. The summed E-state index contributed by atoms with van der Waals surface area (Å²) in [7, 11) is 0. The van der Waals surface area contributed by atoms with Crippen molar-refractivity contribution in [3.05, 3.63) is 44.4 Å².